The summed E-state index contributed by atoms with van der Waals surface area (Å²) >= 11 is 1.60. The van der Waals surface area contributed by atoms with Gasteiger partial charge in [-0.2, -0.15) is 0 Å². The van der Waals surface area contributed by atoms with E-state index in [2.05, 4.69) is 5.32 Å². The lowest BCUT2D eigenvalue weighted by Crippen LogP contribution is -2.07. The predicted molar refractivity (Wildman–Crippen MR) is 95.7 cm³/mol. The summed E-state index contributed by atoms with van der Waals surface area (Å²) < 4.78 is 5.78. The second-order valence-electron chi connectivity index (χ2n) is 5.15. The zero-order valence-corrected chi connectivity index (χ0v) is 13.0. The molecule has 2 heterocycles. The third kappa shape index (κ3) is 2.76. The van der Waals surface area contributed by atoms with Gasteiger partial charge in [0.15, 0.2) is 0 Å². The highest BCUT2D eigenvalue weighted by atomic mass is 32.1. The Balaban J connectivity index is 1.61. The van der Waals surface area contributed by atoms with Gasteiger partial charge in [0.25, 0.3) is 0 Å². The number of para-hydroxylation sites is 1. The normalized spacial score (nSPS) is 11.5. The zero-order chi connectivity index (χ0) is 15.6. The second kappa shape index (κ2) is 5.74. The van der Waals surface area contributed by atoms with Crippen LogP contribution in [0.4, 0.5) is 5.69 Å². The summed E-state index contributed by atoms with van der Waals surface area (Å²) in [6.45, 7) is 0. The number of furan rings is 1. The van der Waals surface area contributed by atoms with E-state index in [1.165, 1.54) is 0 Å². The van der Waals surface area contributed by atoms with Crippen LogP contribution in [0.15, 0.2) is 70.5 Å². The highest BCUT2D eigenvalue weighted by molar-refractivity contribution is 7.10. The first-order valence-electron chi connectivity index (χ1n) is 7.23. The van der Waals surface area contributed by atoms with Crippen LogP contribution >= 0.6 is 11.3 Å². The fraction of sp³-hybridized carbons (Fsp3) is 0. The Morgan fingerprint density at radius 1 is 1.00 bits per heavy atom. The summed E-state index contributed by atoms with van der Waals surface area (Å²) in [4.78, 5) is 13.1. The van der Waals surface area contributed by atoms with Gasteiger partial charge in [0, 0.05) is 27.4 Å². The maximum Gasteiger partial charge on any atom is 0.248 e. The van der Waals surface area contributed by atoms with Crippen molar-refractivity contribution in [3.63, 3.8) is 0 Å². The number of carbonyl (C=O) groups excluding carboxylic acids is 1. The first-order chi connectivity index (χ1) is 11.3. The van der Waals surface area contributed by atoms with Gasteiger partial charge in [-0.1, -0.05) is 24.3 Å². The molecule has 0 spiro atoms. The van der Waals surface area contributed by atoms with E-state index in [0.29, 0.717) is 0 Å². The van der Waals surface area contributed by atoms with Crippen molar-refractivity contribution in [1.82, 2.24) is 0 Å². The van der Waals surface area contributed by atoms with Crippen molar-refractivity contribution in [1.29, 1.82) is 0 Å². The van der Waals surface area contributed by atoms with Gasteiger partial charge in [-0.3, -0.25) is 4.79 Å². The van der Waals surface area contributed by atoms with Crippen LogP contribution in [-0.4, -0.2) is 5.91 Å². The smallest absolute Gasteiger partial charge is 0.248 e. The van der Waals surface area contributed by atoms with Crippen LogP contribution in [0.5, 0.6) is 0 Å². The molecule has 2 aromatic carbocycles. The van der Waals surface area contributed by atoms with Crippen molar-refractivity contribution < 1.29 is 9.21 Å². The fourth-order valence-corrected chi connectivity index (χ4v) is 3.15. The Hall–Kier alpha value is -2.85. The molecule has 0 aliphatic rings. The van der Waals surface area contributed by atoms with E-state index < -0.39 is 0 Å². The average molecular weight is 319 g/mol. The monoisotopic (exact) mass is 319 g/mol. The summed E-state index contributed by atoms with van der Waals surface area (Å²) in [5.41, 5.74) is 2.42. The van der Waals surface area contributed by atoms with Crippen molar-refractivity contribution in [3.05, 3.63) is 70.9 Å². The molecule has 23 heavy (non-hydrogen) atoms. The third-order valence-corrected chi connectivity index (χ3v) is 4.42. The van der Waals surface area contributed by atoms with Gasteiger partial charge in [0.2, 0.25) is 5.91 Å². The number of carbonyl (C=O) groups is 1. The van der Waals surface area contributed by atoms with Crippen LogP contribution in [0.25, 0.3) is 28.0 Å². The minimum absolute atomic E-state index is 0.148. The molecule has 0 atom stereocenters. The Labute approximate surface area is 136 Å². The number of hydrogen-bond acceptors (Lipinski definition) is 3. The average Bonchev–Trinajstić information content (AvgIpc) is 3.20. The van der Waals surface area contributed by atoms with Gasteiger partial charge >= 0.3 is 0 Å². The van der Waals surface area contributed by atoms with Crippen molar-refractivity contribution in [2.45, 2.75) is 0 Å². The van der Waals surface area contributed by atoms with Crippen LogP contribution in [0.1, 0.15) is 4.88 Å². The standard InChI is InChI=1S/C19H13NO2S/c21-19(10-8-14-4-3-11-23-14)20-13-7-9-18-16(12-13)15-5-1-2-6-17(15)22-18/h1-12H,(H,20,21)/b10-8+. The first-order valence-corrected chi connectivity index (χ1v) is 8.11. The number of benzene rings is 2. The fourth-order valence-electron chi connectivity index (χ4n) is 2.53. The van der Waals surface area contributed by atoms with E-state index in [0.717, 1.165) is 32.5 Å². The predicted octanol–water partition coefficient (Wildman–Crippen LogP) is 5.30. The Kier molecular flexibility index (Phi) is 3.44. The highest BCUT2D eigenvalue weighted by Crippen LogP contribution is 2.30. The Morgan fingerprint density at radius 3 is 2.74 bits per heavy atom. The van der Waals surface area contributed by atoms with Crippen molar-refractivity contribution in [3.8, 4) is 0 Å². The van der Waals surface area contributed by atoms with Gasteiger partial charge in [-0.05, 0) is 41.8 Å². The maximum atomic E-state index is 12.0. The molecule has 4 heteroatoms. The van der Waals surface area contributed by atoms with Gasteiger partial charge in [0.1, 0.15) is 11.2 Å². The molecule has 4 aromatic rings. The van der Waals surface area contributed by atoms with Crippen LogP contribution in [0.2, 0.25) is 0 Å². The van der Waals surface area contributed by atoms with Crippen molar-refractivity contribution in [2.24, 2.45) is 0 Å². The molecule has 3 nitrogen and oxygen atoms in total. The number of hydrogen-bond donors (Lipinski definition) is 1. The number of thiophene rings is 1. The number of anilines is 1. The molecular weight excluding hydrogens is 306 g/mol. The lowest BCUT2D eigenvalue weighted by molar-refractivity contribution is -0.111. The molecule has 112 valence electrons. The van der Waals surface area contributed by atoms with Crippen LogP contribution in [0.3, 0.4) is 0 Å². The van der Waals surface area contributed by atoms with Crippen LogP contribution in [-0.2, 0) is 4.79 Å². The van der Waals surface area contributed by atoms with Crippen molar-refractivity contribution >= 4 is 50.9 Å². The molecule has 0 aliphatic carbocycles. The molecule has 2 aromatic heterocycles. The molecule has 0 fully saturated rings. The Bertz CT molecular complexity index is 1010. The zero-order valence-electron chi connectivity index (χ0n) is 12.2. The van der Waals surface area contributed by atoms with E-state index in [1.54, 1.807) is 17.4 Å². The van der Waals surface area contributed by atoms with Gasteiger partial charge in [-0.25, -0.2) is 0 Å². The van der Waals surface area contributed by atoms with Crippen molar-refractivity contribution in [2.75, 3.05) is 5.32 Å². The lowest BCUT2D eigenvalue weighted by Gasteiger charge is -2.01. The highest BCUT2D eigenvalue weighted by Gasteiger charge is 2.07. The van der Waals surface area contributed by atoms with E-state index in [-0.39, 0.29) is 5.91 Å². The number of nitrogens with one attached hydrogen (secondary N) is 1. The molecule has 0 radical (unpaired) electrons. The van der Waals surface area contributed by atoms with E-state index in [1.807, 2.05) is 66.1 Å². The third-order valence-electron chi connectivity index (χ3n) is 3.59. The summed E-state index contributed by atoms with van der Waals surface area (Å²) in [6, 6.07) is 17.5. The summed E-state index contributed by atoms with van der Waals surface area (Å²) in [7, 11) is 0. The Morgan fingerprint density at radius 2 is 1.87 bits per heavy atom. The maximum absolute atomic E-state index is 12.0. The second-order valence-corrected chi connectivity index (χ2v) is 6.13. The molecule has 4 rings (SSSR count). The van der Waals surface area contributed by atoms with E-state index in [9.17, 15) is 4.79 Å². The van der Waals surface area contributed by atoms with E-state index >= 15 is 0 Å². The molecule has 1 amide bonds. The lowest BCUT2D eigenvalue weighted by atomic mass is 10.1. The minimum Gasteiger partial charge on any atom is -0.456 e. The molecule has 1 N–H and O–H groups in total. The van der Waals surface area contributed by atoms with Crippen LogP contribution in [0, 0.1) is 0 Å². The summed E-state index contributed by atoms with van der Waals surface area (Å²) in [6.07, 6.45) is 3.36. The number of amides is 1. The van der Waals surface area contributed by atoms with Crippen LogP contribution < -0.4 is 5.32 Å². The molecule has 0 aliphatic heterocycles. The molecule has 0 bridgehead atoms. The van der Waals surface area contributed by atoms with Gasteiger partial charge in [0.05, 0.1) is 0 Å². The van der Waals surface area contributed by atoms with Gasteiger partial charge < -0.3 is 9.73 Å². The minimum atomic E-state index is -0.148. The molecule has 0 unspecified atom stereocenters. The number of fused-ring (bicyclic) bond motifs is 3. The number of rotatable bonds is 3. The summed E-state index contributed by atoms with van der Waals surface area (Å²) in [5.74, 6) is -0.148. The molecule has 0 saturated heterocycles. The van der Waals surface area contributed by atoms with Gasteiger partial charge in [-0.15, -0.1) is 11.3 Å². The molecule has 0 saturated carbocycles. The molecular formula is C19H13NO2S. The largest absolute Gasteiger partial charge is 0.456 e. The van der Waals surface area contributed by atoms with E-state index in [4.69, 9.17) is 4.42 Å². The quantitative estimate of drug-likeness (QED) is 0.521. The SMILES string of the molecule is O=C(/C=C/c1cccs1)Nc1ccc2oc3ccccc3c2c1. The summed E-state index contributed by atoms with van der Waals surface area (Å²) in [5, 5.41) is 6.92. The first kappa shape index (κ1) is 13.8. The topological polar surface area (TPSA) is 42.2 Å².